The van der Waals surface area contributed by atoms with Gasteiger partial charge in [0.15, 0.2) is 5.75 Å². The highest BCUT2D eigenvalue weighted by molar-refractivity contribution is 5.58. The first-order valence-corrected chi connectivity index (χ1v) is 4.95. The van der Waals surface area contributed by atoms with E-state index in [2.05, 4.69) is 9.97 Å². The Bertz CT molecular complexity index is 569. The summed E-state index contributed by atoms with van der Waals surface area (Å²) in [6.07, 6.45) is 2.72. The van der Waals surface area contributed by atoms with E-state index in [9.17, 15) is 0 Å². The highest BCUT2D eigenvalue weighted by Gasteiger charge is 2.10. The second-order valence-corrected chi connectivity index (χ2v) is 3.45. The molecule has 2 aromatic rings. The van der Waals surface area contributed by atoms with Crippen LogP contribution in [0, 0.1) is 18.3 Å². The number of benzene rings is 1. The number of rotatable bonds is 2. The molecule has 0 aliphatic rings. The molecule has 5 heteroatoms. The first-order chi connectivity index (χ1) is 8.22. The van der Waals surface area contributed by atoms with Crippen LogP contribution in [0.25, 0.3) is 0 Å². The summed E-state index contributed by atoms with van der Waals surface area (Å²) in [5.74, 6) is 0.728. The summed E-state index contributed by atoms with van der Waals surface area (Å²) in [5, 5.41) is 8.89. The molecule has 84 valence electrons. The number of hydrogen-bond donors (Lipinski definition) is 1. The molecule has 0 radical (unpaired) electrons. The predicted molar refractivity (Wildman–Crippen MR) is 62.4 cm³/mol. The van der Waals surface area contributed by atoms with Gasteiger partial charge in [-0.05, 0) is 18.6 Å². The summed E-state index contributed by atoms with van der Waals surface area (Å²) in [6, 6.07) is 7.41. The van der Waals surface area contributed by atoms with Crippen molar-refractivity contribution in [3.8, 4) is 17.7 Å². The maximum atomic E-state index is 8.89. The van der Waals surface area contributed by atoms with Crippen LogP contribution in [0.5, 0.6) is 11.6 Å². The van der Waals surface area contributed by atoms with Crippen LogP contribution in [0.1, 0.15) is 11.1 Å². The van der Waals surface area contributed by atoms with Gasteiger partial charge in [-0.25, -0.2) is 9.97 Å². The highest BCUT2D eigenvalue weighted by Crippen LogP contribution is 2.30. The molecule has 0 saturated heterocycles. The highest BCUT2D eigenvalue weighted by atomic mass is 16.5. The van der Waals surface area contributed by atoms with E-state index >= 15 is 0 Å². The Hall–Kier alpha value is -2.61. The van der Waals surface area contributed by atoms with E-state index < -0.39 is 0 Å². The van der Waals surface area contributed by atoms with Crippen molar-refractivity contribution in [3.05, 3.63) is 41.9 Å². The number of hydrogen-bond acceptors (Lipinski definition) is 5. The number of nitrogen functional groups attached to an aromatic ring is 1. The van der Waals surface area contributed by atoms with Crippen molar-refractivity contribution in [2.75, 3.05) is 5.73 Å². The van der Waals surface area contributed by atoms with E-state index in [-0.39, 0.29) is 11.4 Å². The Morgan fingerprint density at radius 2 is 2.24 bits per heavy atom. The predicted octanol–water partition coefficient (Wildman–Crippen LogP) is 2.03. The van der Waals surface area contributed by atoms with E-state index in [1.165, 1.54) is 12.5 Å². The van der Waals surface area contributed by atoms with Gasteiger partial charge in [-0.2, -0.15) is 5.26 Å². The van der Waals surface area contributed by atoms with Crippen molar-refractivity contribution in [2.24, 2.45) is 0 Å². The molecule has 0 fully saturated rings. The van der Waals surface area contributed by atoms with Gasteiger partial charge in [0.05, 0.1) is 11.9 Å². The average molecular weight is 226 g/mol. The molecule has 0 amide bonds. The monoisotopic (exact) mass is 226 g/mol. The number of nitriles is 1. The fourth-order valence-electron chi connectivity index (χ4n) is 1.39. The second kappa shape index (κ2) is 4.49. The third kappa shape index (κ3) is 2.16. The van der Waals surface area contributed by atoms with Gasteiger partial charge >= 0.3 is 0 Å². The van der Waals surface area contributed by atoms with Gasteiger partial charge in [-0.15, -0.1) is 0 Å². The minimum absolute atomic E-state index is 0.212. The van der Waals surface area contributed by atoms with Crippen LogP contribution >= 0.6 is 0 Å². The van der Waals surface area contributed by atoms with Crippen LogP contribution in [-0.4, -0.2) is 9.97 Å². The van der Waals surface area contributed by atoms with Crippen molar-refractivity contribution in [1.82, 2.24) is 9.97 Å². The number of nitrogens with two attached hydrogens (primary N) is 1. The van der Waals surface area contributed by atoms with Gasteiger partial charge in [0.1, 0.15) is 18.0 Å². The molecule has 0 aliphatic carbocycles. The van der Waals surface area contributed by atoms with Crippen LogP contribution in [0.15, 0.2) is 30.7 Å². The third-order valence-corrected chi connectivity index (χ3v) is 2.24. The Labute approximate surface area is 98.5 Å². The fourth-order valence-corrected chi connectivity index (χ4v) is 1.39. The Balaban J connectivity index is 2.42. The third-order valence-electron chi connectivity index (χ3n) is 2.24. The molecule has 2 rings (SSSR count). The summed E-state index contributed by atoms with van der Waals surface area (Å²) < 4.78 is 5.56. The molecule has 0 atom stereocenters. The quantitative estimate of drug-likeness (QED) is 0.792. The number of ether oxygens (including phenoxy) is 1. The number of nitrogens with zero attached hydrogens (tertiary/aromatic N) is 3. The molecule has 0 spiro atoms. The topological polar surface area (TPSA) is 84.8 Å². The van der Waals surface area contributed by atoms with Crippen molar-refractivity contribution < 1.29 is 4.74 Å². The van der Waals surface area contributed by atoms with Crippen LogP contribution in [0.4, 0.5) is 5.69 Å². The van der Waals surface area contributed by atoms with E-state index in [0.29, 0.717) is 11.4 Å². The summed E-state index contributed by atoms with van der Waals surface area (Å²) in [4.78, 5) is 7.67. The Morgan fingerprint density at radius 3 is 2.94 bits per heavy atom. The molecule has 2 N–H and O–H groups in total. The minimum atomic E-state index is 0.212. The largest absolute Gasteiger partial charge is 0.435 e. The summed E-state index contributed by atoms with van der Waals surface area (Å²) in [7, 11) is 0. The molecular formula is C12H10N4O. The molecule has 0 unspecified atom stereocenters. The molecular weight excluding hydrogens is 216 g/mol. The van der Waals surface area contributed by atoms with Crippen LogP contribution in [0.2, 0.25) is 0 Å². The summed E-state index contributed by atoms with van der Waals surface area (Å²) >= 11 is 0. The van der Waals surface area contributed by atoms with Gasteiger partial charge in [-0.3, -0.25) is 0 Å². The maximum Gasteiger partial charge on any atom is 0.240 e. The lowest BCUT2D eigenvalue weighted by molar-refractivity contribution is 0.458. The van der Waals surface area contributed by atoms with E-state index in [4.69, 9.17) is 15.7 Å². The Morgan fingerprint density at radius 1 is 1.41 bits per heavy atom. The Kier molecular flexibility index (Phi) is 2.88. The zero-order chi connectivity index (χ0) is 12.3. The average Bonchev–Trinajstić information content (AvgIpc) is 2.34. The lowest BCUT2D eigenvalue weighted by Gasteiger charge is -2.10. The molecule has 5 nitrogen and oxygen atoms in total. The van der Waals surface area contributed by atoms with Crippen molar-refractivity contribution in [1.29, 1.82) is 5.26 Å². The zero-order valence-electron chi connectivity index (χ0n) is 9.21. The van der Waals surface area contributed by atoms with Crippen molar-refractivity contribution in [3.63, 3.8) is 0 Å². The lowest BCUT2D eigenvalue weighted by atomic mass is 10.2. The minimum Gasteiger partial charge on any atom is -0.435 e. The SMILES string of the molecule is Cc1cccc(N)c1Oc1ncncc1C#N. The standard InChI is InChI=1S/C12H10N4O/c1-8-3-2-4-10(14)11(8)17-12-9(5-13)6-15-7-16-12/h2-4,6-7H,14H2,1H3. The molecule has 1 aromatic carbocycles. The van der Waals surface area contributed by atoms with Crippen LogP contribution in [-0.2, 0) is 0 Å². The summed E-state index contributed by atoms with van der Waals surface area (Å²) in [5.41, 5.74) is 7.47. The second-order valence-electron chi connectivity index (χ2n) is 3.45. The lowest BCUT2D eigenvalue weighted by Crippen LogP contribution is -1.98. The molecule has 1 aromatic heterocycles. The van der Waals surface area contributed by atoms with Gasteiger partial charge in [0, 0.05) is 0 Å². The number of para-hydroxylation sites is 1. The van der Waals surface area contributed by atoms with E-state index in [1.54, 1.807) is 6.07 Å². The molecule has 0 bridgehead atoms. The molecule has 0 aliphatic heterocycles. The maximum absolute atomic E-state index is 8.89. The number of anilines is 1. The van der Waals surface area contributed by atoms with Gasteiger partial charge < -0.3 is 10.5 Å². The van der Waals surface area contributed by atoms with Crippen LogP contribution in [0.3, 0.4) is 0 Å². The van der Waals surface area contributed by atoms with Gasteiger partial charge in [0.25, 0.3) is 0 Å². The molecule has 1 heterocycles. The van der Waals surface area contributed by atoms with Crippen molar-refractivity contribution in [2.45, 2.75) is 6.92 Å². The first kappa shape index (κ1) is 10.9. The molecule has 17 heavy (non-hydrogen) atoms. The zero-order valence-corrected chi connectivity index (χ0v) is 9.21. The molecule has 0 saturated carbocycles. The van der Waals surface area contributed by atoms with Gasteiger partial charge in [0.2, 0.25) is 5.88 Å². The summed E-state index contributed by atoms with van der Waals surface area (Å²) in [6.45, 7) is 1.87. The number of aryl methyl sites for hydroxylation is 1. The van der Waals surface area contributed by atoms with Crippen molar-refractivity contribution >= 4 is 5.69 Å². The fraction of sp³-hybridized carbons (Fsp3) is 0.0833. The van der Waals surface area contributed by atoms with E-state index in [1.807, 2.05) is 25.1 Å². The van der Waals surface area contributed by atoms with E-state index in [0.717, 1.165) is 5.56 Å². The van der Waals surface area contributed by atoms with Crippen LogP contribution < -0.4 is 10.5 Å². The van der Waals surface area contributed by atoms with Gasteiger partial charge in [-0.1, -0.05) is 12.1 Å². The normalized spacial score (nSPS) is 9.65. The smallest absolute Gasteiger partial charge is 0.240 e. The first-order valence-electron chi connectivity index (χ1n) is 4.95. The number of aromatic nitrogens is 2.